The Bertz CT molecular complexity index is 659. The molecule has 0 aliphatic rings. The minimum Gasteiger partial charge on any atom is -0.320 e. The van der Waals surface area contributed by atoms with Gasteiger partial charge in [0.15, 0.2) is 0 Å². The number of hydrogen-bond donors (Lipinski definition) is 1. The van der Waals surface area contributed by atoms with E-state index in [0.29, 0.717) is 17.2 Å². The lowest BCUT2D eigenvalue weighted by Gasteiger charge is -2.04. The SMILES string of the molecule is NCC#Cc1cccc(CSc2ccc(F)cc2F)c1. The zero-order chi connectivity index (χ0) is 14.4. The Hall–Kier alpha value is -1.83. The molecule has 0 saturated carbocycles. The van der Waals surface area contributed by atoms with E-state index in [1.54, 1.807) is 0 Å². The van der Waals surface area contributed by atoms with Crippen molar-refractivity contribution < 1.29 is 8.78 Å². The summed E-state index contributed by atoms with van der Waals surface area (Å²) in [4.78, 5) is 0.435. The van der Waals surface area contributed by atoms with Gasteiger partial charge in [-0.1, -0.05) is 24.0 Å². The molecule has 0 radical (unpaired) electrons. The molecule has 0 bridgehead atoms. The normalized spacial score (nSPS) is 9.95. The highest BCUT2D eigenvalue weighted by Gasteiger charge is 2.05. The molecule has 0 amide bonds. The quantitative estimate of drug-likeness (QED) is 0.690. The average Bonchev–Trinajstić information content (AvgIpc) is 2.45. The largest absolute Gasteiger partial charge is 0.320 e. The molecule has 20 heavy (non-hydrogen) atoms. The van der Waals surface area contributed by atoms with E-state index in [4.69, 9.17) is 5.73 Å². The Morgan fingerprint density at radius 1 is 1.10 bits per heavy atom. The zero-order valence-electron chi connectivity index (χ0n) is 10.7. The first kappa shape index (κ1) is 14.6. The van der Waals surface area contributed by atoms with E-state index in [0.717, 1.165) is 17.2 Å². The van der Waals surface area contributed by atoms with Gasteiger partial charge in [0.05, 0.1) is 6.54 Å². The van der Waals surface area contributed by atoms with E-state index >= 15 is 0 Å². The van der Waals surface area contributed by atoms with Gasteiger partial charge >= 0.3 is 0 Å². The van der Waals surface area contributed by atoms with Crippen molar-refractivity contribution in [3.05, 3.63) is 65.2 Å². The Labute approximate surface area is 121 Å². The average molecular weight is 289 g/mol. The van der Waals surface area contributed by atoms with E-state index in [2.05, 4.69) is 11.8 Å². The fourth-order valence-corrected chi connectivity index (χ4v) is 2.51. The van der Waals surface area contributed by atoms with Crippen LogP contribution in [0.5, 0.6) is 0 Å². The summed E-state index contributed by atoms with van der Waals surface area (Å²) in [6, 6.07) is 11.3. The molecular weight excluding hydrogens is 276 g/mol. The van der Waals surface area contributed by atoms with Crippen molar-refractivity contribution >= 4 is 11.8 Å². The van der Waals surface area contributed by atoms with Gasteiger partial charge in [-0.3, -0.25) is 0 Å². The maximum Gasteiger partial charge on any atom is 0.139 e. The van der Waals surface area contributed by atoms with Crippen molar-refractivity contribution in [1.29, 1.82) is 0 Å². The zero-order valence-corrected chi connectivity index (χ0v) is 11.5. The van der Waals surface area contributed by atoms with Gasteiger partial charge in [0, 0.05) is 22.3 Å². The standard InChI is InChI=1S/C16H13F2NS/c17-14-6-7-16(15(18)10-14)20-11-13-4-1-3-12(9-13)5-2-8-19/h1,3-4,6-7,9-10H,8,11,19H2. The molecule has 0 fully saturated rings. The highest BCUT2D eigenvalue weighted by atomic mass is 32.2. The summed E-state index contributed by atoms with van der Waals surface area (Å²) in [5.41, 5.74) is 7.24. The molecule has 2 rings (SSSR count). The van der Waals surface area contributed by atoms with Gasteiger partial charge in [-0.05, 0) is 29.8 Å². The molecule has 0 spiro atoms. The highest BCUT2D eigenvalue weighted by molar-refractivity contribution is 7.98. The van der Waals surface area contributed by atoms with E-state index in [1.165, 1.54) is 23.9 Å². The maximum atomic E-state index is 13.5. The van der Waals surface area contributed by atoms with Gasteiger partial charge in [0.2, 0.25) is 0 Å². The molecule has 2 aromatic rings. The van der Waals surface area contributed by atoms with Crippen LogP contribution in [-0.4, -0.2) is 6.54 Å². The topological polar surface area (TPSA) is 26.0 Å². The van der Waals surface area contributed by atoms with Crippen LogP contribution in [0.2, 0.25) is 0 Å². The molecule has 4 heteroatoms. The van der Waals surface area contributed by atoms with Gasteiger partial charge in [-0.25, -0.2) is 8.78 Å². The first-order valence-corrected chi connectivity index (χ1v) is 7.03. The Morgan fingerprint density at radius 3 is 2.70 bits per heavy atom. The summed E-state index contributed by atoms with van der Waals surface area (Å²) in [5, 5.41) is 0. The van der Waals surface area contributed by atoms with Crippen molar-refractivity contribution in [2.24, 2.45) is 5.73 Å². The molecule has 0 atom stereocenters. The molecular formula is C16H13F2NS. The lowest BCUT2D eigenvalue weighted by atomic mass is 10.1. The van der Waals surface area contributed by atoms with Crippen LogP contribution >= 0.6 is 11.8 Å². The number of hydrogen-bond acceptors (Lipinski definition) is 2. The monoisotopic (exact) mass is 289 g/mol. The third kappa shape index (κ3) is 4.09. The van der Waals surface area contributed by atoms with Crippen LogP contribution in [0, 0.1) is 23.5 Å². The summed E-state index contributed by atoms with van der Waals surface area (Å²) in [7, 11) is 0. The highest BCUT2D eigenvalue weighted by Crippen LogP contribution is 2.26. The van der Waals surface area contributed by atoms with Crippen molar-refractivity contribution in [1.82, 2.24) is 0 Å². The molecule has 0 unspecified atom stereocenters. The molecule has 0 aliphatic carbocycles. The van der Waals surface area contributed by atoms with Crippen molar-refractivity contribution in [2.45, 2.75) is 10.6 Å². The second-order valence-corrected chi connectivity index (χ2v) is 5.09. The minimum absolute atomic E-state index is 0.319. The van der Waals surface area contributed by atoms with Crippen LogP contribution in [0.3, 0.4) is 0 Å². The molecule has 102 valence electrons. The lowest BCUT2D eigenvalue weighted by molar-refractivity contribution is 0.565. The van der Waals surface area contributed by atoms with E-state index in [1.807, 2.05) is 24.3 Å². The van der Waals surface area contributed by atoms with Crippen molar-refractivity contribution in [3.63, 3.8) is 0 Å². The van der Waals surface area contributed by atoms with Gasteiger partial charge in [-0.15, -0.1) is 11.8 Å². The second-order valence-electron chi connectivity index (χ2n) is 4.07. The molecule has 0 saturated heterocycles. The fourth-order valence-electron chi connectivity index (χ4n) is 1.65. The predicted molar refractivity (Wildman–Crippen MR) is 78.3 cm³/mol. The van der Waals surface area contributed by atoms with Gasteiger partial charge < -0.3 is 5.73 Å². The third-order valence-corrected chi connectivity index (χ3v) is 3.67. The van der Waals surface area contributed by atoms with E-state index in [9.17, 15) is 8.78 Å². The molecule has 1 nitrogen and oxygen atoms in total. The second kappa shape index (κ2) is 7.09. The van der Waals surface area contributed by atoms with Crippen LogP contribution in [0.1, 0.15) is 11.1 Å². The molecule has 0 aliphatic heterocycles. The first-order chi connectivity index (χ1) is 9.69. The van der Waals surface area contributed by atoms with Gasteiger partial charge in [-0.2, -0.15) is 0 Å². The number of nitrogens with two attached hydrogens (primary N) is 1. The summed E-state index contributed by atoms with van der Waals surface area (Å²) >= 11 is 1.33. The Morgan fingerprint density at radius 2 is 1.95 bits per heavy atom. The number of thioether (sulfide) groups is 1. The summed E-state index contributed by atoms with van der Waals surface area (Å²) < 4.78 is 26.3. The van der Waals surface area contributed by atoms with Crippen molar-refractivity contribution in [3.8, 4) is 11.8 Å². The van der Waals surface area contributed by atoms with Crippen LogP contribution < -0.4 is 5.73 Å². The molecule has 2 N–H and O–H groups in total. The number of halogens is 2. The van der Waals surface area contributed by atoms with Gasteiger partial charge in [0.1, 0.15) is 11.6 Å². The first-order valence-electron chi connectivity index (χ1n) is 6.05. The summed E-state index contributed by atoms with van der Waals surface area (Å²) in [5.74, 6) is 5.24. The Kier molecular flexibility index (Phi) is 5.16. The third-order valence-electron chi connectivity index (χ3n) is 2.55. The predicted octanol–water partition coefficient (Wildman–Crippen LogP) is 3.57. The number of benzene rings is 2. The molecule has 0 heterocycles. The summed E-state index contributed by atoms with van der Waals surface area (Å²) in [6.45, 7) is 0.319. The van der Waals surface area contributed by atoms with E-state index in [-0.39, 0.29) is 0 Å². The maximum absolute atomic E-state index is 13.5. The lowest BCUT2D eigenvalue weighted by Crippen LogP contribution is -1.93. The minimum atomic E-state index is -0.564. The Balaban J connectivity index is 2.07. The van der Waals surface area contributed by atoms with Crippen molar-refractivity contribution in [2.75, 3.05) is 6.54 Å². The molecule has 0 aromatic heterocycles. The number of rotatable bonds is 3. The summed E-state index contributed by atoms with van der Waals surface area (Å²) in [6.07, 6.45) is 0. The van der Waals surface area contributed by atoms with Crippen LogP contribution in [0.25, 0.3) is 0 Å². The van der Waals surface area contributed by atoms with E-state index < -0.39 is 11.6 Å². The van der Waals surface area contributed by atoms with Crippen LogP contribution in [0.4, 0.5) is 8.78 Å². The van der Waals surface area contributed by atoms with Crippen LogP contribution in [-0.2, 0) is 5.75 Å². The van der Waals surface area contributed by atoms with Crippen LogP contribution in [0.15, 0.2) is 47.4 Å². The molecule has 2 aromatic carbocycles. The van der Waals surface area contributed by atoms with Gasteiger partial charge in [0.25, 0.3) is 0 Å². The fraction of sp³-hybridized carbons (Fsp3) is 0.125. The smallest absolute Gasteiger partial charge is 0.139 e.